The van der Waals surface area contributed by atoms with E-state index >= 15 is 0 Å². The number of nitrogens with zero attached hydrogens (tertiary/aromatic N) is 1. The number of amides is 1. The minimum atomic E-state index is -0.172. The number of hydrogen-bond donors (Lipinski definition) is 1. The summed E-state index contributed by atoms with van der Waals surface area (Å²) >= 11 is 0. The monoisotopic (exact) mass is 201 g/mol. The first-order chi connectivity index (χ1) is 6.72. The van der Waals surface area contributed by atoms with Crippen molar-refractivity contribution in [3.05, 3.63) is 0 Å². The highest BCUT2D eigenvalue weighted by atomic mass is 16.3. The first kappa shape index (κ1) is 13.4. The highest BCUT2D eigenvalue weighted by molar-refractivity contribution is 5.75. The van der Waals surface area contributed by atoms with Crippen molar-refractivity contribution < 1.29 is 9.90 Å². The van der Waals surface area contributed by atoms with E-state index in [-0.39, 0.29) is 12.6 Å². The Morgan fingerprint density at radius 1 is 1.14 bits per heavy atom. The SMILES string of the molecule is CCCCCCCCC(=O)N(C)CO. The van der Waals surface area contributed by atoms with Gasteiger partial charge in [0.25, 0.3) is 0 Å². The molecular weight excluding hydrogens is 178 g/mol. The summed E-state index contributed by atoms with van der Waals surface area (Å²) in [5, 5.41) is 8.68. The van der Waals surface area contributed by atoms with Crippen molar-refractivity contribution in [3.63, 3.8) is 0 Å². The van der Waals surface area contributed by atoms with Crippen molar-refractivity contribution in [2.75, 3.05) is 13.8 Å². The van der Waals surface area contributed by atoms with Crippen LogP contribution in [-0.2, 0) is 4.79 Å². The van der Waals surface area contributed by atoms with E-state index in [0.29, 0.717) is 6.42 Å². The lowest BCUT2D eigenvalue weighted by molar-refractivity contribution is -0.133. The lowest BCUT2D eigenvalue weighted by atomic mass is 10.1. The van der Waals surface area contributed by atoms with Crippen molar-refractivity contribution in [2.45, 2.75) is 51.9 Å². The van der Waals surface area contributed by atoms with Gasteiger partial charge in [0.05, 0.1) is 0 Å². The van der Waals surface area contributed by atoms with Crippen molar-refractivity contribution >= 4 is 5.91 Å². The van der Waals surface area contributed by atoms with E-state index < -0.39 is 0 Å². The average Bonchev–Trinajstić information content (AvgIpc) is 2.21. The molecule has 0 bridgehead atoms. The highest BCUT2D eigenvalue weighted by Gasteiger charge is 2.05. The first-order valence-corrected chi connectivity index (χ1v) is 5.57. The number of rotatable bonds is 8. The molecule has 84 valence electrons. The predicted molar refractivity (Wildman–Crippen MR) is 57.8 cm³/mol. The Hall–Kier alpha value is -0.570. The normalized spacial score (nSPS) is 10.2. The van der Waals surface area contributed by atoms with Gasteiger partial charge in [-0.15, -0.1) is 0 Å². The largest absolute Gasteiger partial charge is 0.376 e. The minimum absolute atomic E-state index is 0.0444. The van der Waals surface area contributed by atoms with Gasteiger partial charge in [0.2, 0.25) is 5.91 Å². The third-order valence-electron chi connectivity index (χ3n) is 2.38. The molecule has 14 heavy (non-hydrogen) atoms. The van der Waals surface area contributed by atoms with Gasteiger partial charge in [0.15, 0.2) is 0 Å². The van der Waals surface area contributed by atoms with Crippen molar-refractivity contribution in [2.24, 2.45) is 0 Å². The Balaban J connectivity index is 3.23. The molecule has 0 aliphatic heterocycles. The molecule has 3 heteroatoms. The molecule has 0 fully saturated rings. The second kappa shape index (κ2) is 9.00. The van der Waals surface area contributed by atoms with Crippen LogP contribution in [0.25, 0.3) is 0 Å². The quantitative estimate of drug-likeness (QED) is 0.483. The molecular formula is C11H23NO2. The maximum atomic E-state index is 11.2. The summed E-state index contributed by atoms with van der Waals surface area (Å²) in [7, 11) is 1.62. The number of unbranched alkanes of at least 4 members (excludes halogenated alkanes) is 5. The summed E-state index contributed by atoms with van der Waals surface area (Å²) in [6.07, 6.45) is 7.71. The standard InChI is InChI=1S/C11H23NO2/c1-3-4-5-6-7-8-9-11(14)12(2)10-13/h13H,3-10H2,1-2H3. The van der Waals surface area contributed by atoms with Crippen LogP contribution in [0.15, 0.2) is 0 Å². The third-order valence-corrected chi connectivity index (χ3v) is 2.38. The van der Waals surface area contributed by atoms with Gasteiger partial charge < -0.3 is 10.0 Å². The van der Waals surface area contributed by atoms with E-state index in [1.54, 1.807) is 7.05 Å². The van der Waals surface area contributed by atoms with Crippen LogP contribution >= 0.6 is 0 Å². The summed E-state index contributed by atoms with van der Waals surface area (Å²) in [6.45, 7) is 2.02. The van der Waals surface area contributed by atoms with E-state index in [1.807, 2.05) is 0 Å². The van der Waals surface area contributed by atoms with E-state index in [9.17, 15) is 4.79 Å². The van der Waals surface area contributed by atoms with Crippen LogP contribution in [0.2, 0.25) is 0 Å². The van der Waals surface area contributed by atoms with Crippen LogP contribution in [-0.4, -0.2) is 29.7 Å². The van der Waals surface area contributed by atoms with Crippen LogP contribution in [0.4, 0.5) is 0 Å². The molecule has 0 unspecified atom stereocenters. The van der Waals surface area contributed by atoms with Gasteiger partial charge >= 0.3 is 0 Å². The Kier molecular flexibility index (Phi) is 8.64. The van der Waals surface area contributed by atoms with Crippen molar-refractivity contribution in [1.29, 1.82) is 0 Å². The molecule has 0 aromatic rings. The summed E-state index contributed by atoms with van der Waals surface area (Å²) < 4.78 is 0. The molecule has 0 heterocycles. The topological polar surface area (TPSA) is 40.5 Å². The molecule has 0 rings (SSSR count). The zero-order valence-electron chi connectivity index (χ0n) is 9.46. The fourth-order valence-electron chi connectivity index (χ4n) is 1.33. The number of hydrogen-bond acceptors (Lipinski definition) is 2. The lowest BCUT2D eigenvalue weighted by Crippen LogP contribution is -2.27. The molecule has 1 N–H and O–H groups in total. The summed E-state index contributed by atoms with van der Waals surface area (Å²) in [4.78, 5) is 12.6. The van der Waals surface area contributed by atoms with E-state index in [0.717, 1.165) is 12.8 Å². The smallest absolute Gasteiger partial charge is 0.224 e. The lowest BCUT2D eigenvalue weighted by Gasteiger charge is -2.12. The molecule has 0 aromatic carbocycles. The van der Waals surface area contributed by atoms with Crippen LogP contribution in [0.1, 0.15) is 51.9 Å². The van der Waals surface area contributed by atoms with Gasteiger partial charge in [0, 0.05) is 13.5 Å². The molecule has 0 radical (unpaired) electrons. The maximum absolute atomic E-state index is 11.2. The molecule has 0 saturated carbocycles. The minimum Gasteiger partial charge on any atom is -0.376 e. The number of carbonyl (C=O) groups is 1. The van der Waals surface area contributed by atoms with Gasteiger partial charge in [-0.2, -0.15) is 0 Å². The highest BCUT2D eigenvalue weighted by Crippen LogP contribution is 2.07. The summed E-state index contributed by atoms with van der Waals surface area (Å²) in [5.74, 6) is 0.0444. The number of carbonyl (C=O) groups excluding carboxylic acids is 1. The van der Waals surface area contributed by atoms with Gasteiger partial charge in [-0.3, -0.25) is 4.79 Å². The predicted octanol–water partition coefficient (Wildman–Crippen LogP) is 2.15. The molecule has 0 aliphatic rings. The molecule has 3 nitrogen and oxygen atoms in total. The van der Waals surface area contributed by atoms with E-state index in [4.69, 9.17) is 5.11 Å². The first-order valence-electron chi connectivity index (χ1n) is 5.57. The van der Waals surface area contributed by atoms with Crippen LogP contribution in [0.5, 0.6) is 0 Å². The summed E-state index contributed by atoms with van der Waals surface area (Å²) in [5.41, 5.74) is 0. The van der Waals surface area contributed by atoms with E-state index in [1.165, 1.54) is 30.6 Å². The Labute approximate surface area is 87.1 Å². The van der Waals surface area contributed by atoms with Crippen LogP contribution in [0, 0.1) is 0 Å². The zero-order chi connectivity index (χ0) is 10.8. The van der Waals surface area contributed by atoms with Gasteiger partial charge in [0.1, 0.15) is 6.73 Å². The average molecular weight is 201 g/mol. The molecule has 0 saturated heterocycles. The number of aliphatic hydroxyl groups is 1. The Morgan fingerprint density at radius 3 is 2.29 bits per heavy atom. The third kappa shape index (κ3) is 6.89. The van der Waals surface area contributed by atoms with Gasteiger partial charge in [-0.05, 0) is 6.42 Å². The Bertz CT molecular complexity index is 148. The van der Waals surface area contributed by atoms with Crippen molar-refractivity contribution in [1.82, 2.24) is 4.90 Å². The maximum Gasteiger partial charge on any atom is 0.224 e. The van der Waals surface area contributed by atoms with Gasteiger partial charge in [-0.25, -0.2) is 0 Å². The van der Waals surface area contributed by atoms with Crippen molar-refractivity contribution in [3.8, 4) is 0 Å². The van der Waals surface area contributed by atoms with Crippen LogP contribution < -0.4 is 0 Å². The molecule has 0 aromatic heterocycles. The second-order valence-corrected chi connectivity index (χ2v) is 3.75. The Morgan fingerprint density at radius 2 is 1.71 bits per heavy atom. The second-order valence-electron chi connectivity index (χ2n) is 3.75. The van der Waals surface area contributed by atoms with Crippen LogP contribution in [0.3, 0.4) is 0 Å². The molecule has 0 atom stereocenters. The molecule has 1 amide bonds. The molecule has 0 spiro atoms. The fraction of sp³-hybridized carbons (Fsp3) is 0.909. The fourth-order valence-corrected chi connectivity index (χ4v) is 1.33. The zero-order valence-corrected chi connectivity index (χ0v) is 9.46. The van der Waals surface area contributed by atoms with E-state index in [2.05, 4.69) is 6.92 Å². The molecule has 0 aliphatic carbocycles. The summed E-state index contributed by atoms with van der Waals surface area (Å²) in [6, 6.07) is 0. The number of aliphatic hydroxyl groups excluding tert-OH is 1. The van der Waals surface area contributed by atoms with Gasteiger partial charge in [-0.1, -0.05) is 39.0 Å².